The number of aryl methyl sites for hydroxylation is 1. The van der Waals surface area contributed by atoms with Crippen LogP contribution in [0.1, 0.15) is 53.8 Å². The number of carbonyl (C=O) groups is 1. The summed E-state index contributed by atoms with van der Waals surface area (Å²) in [5.74, 6) is -0.370. The minimum Gasteiger partial charge on any atom is -0.378 e. The highest BCUT2D eigenvalue weighted by molar-refractivity contribution is 7.91. The van der Waals surface area contributed by atoms with Crippen molar-refractivity contribution in [2.45, 2.75) is 55.8 Å². The summed E-state index contributed by atoms with van der Waals surface area (Å²) in [6.45, 7) is 3.08. The summed E-state index contributed by atoms with van der Waals surface area (Å²) in [5, 5.41) is 8.16. The summed E-state index contributed by atoms with van der Waals surface area (Å²) in [4.78, 5) is 13.3. The van der Waals surface area contributed by atoms with Crippen LogP contribution in [0.3, 0.4) is 0 Å². The van der Waals surface area contributed by atoms with E-state index >= 15 is 0 Å². The van der Waals surface area contributed by atoms with E-state index in [1.165, 1.54) is 6.42 Å². The Labute approximate surface area is 146 Å². The summed E-state index contributed by atoms with van der Waals surface area (Å²) >= 11 is 1.03. The van der Waals surface area contributed by atoms with Crippen LogP contribution in [0.4, 0.5) is 0 Å². The van der Waals surface area contributed by atoms with E-state index in [1.54, 1.807) is 13.0 Å². The molecule has 1 aromatic heterocycles. The monoisotopic (exact) mass is 372 g/mol. The van der Waals surface area contributed by atoms with Gasteiger partial charge in [0.15, 0.2) is 0 Å². The van der Waals surface area contributed by atoms with Gasteiger partial charge in [-0.15, -0.1) is 11.3 Å². The molecule has 2 heterocycles. The molecular formula is C16H24N2O4S2. The van der Waals surface area contributed by atoms with Crippen molar-refractivity contribution in [3.63, 3.8) is 0 Å². The maximum absolute atomic E-state index is 12.5. The first-order valence-corrected chi connectivity index (χ1v) is 10.7. The van der Waals surface area contributed by atoms with Crippen LogP contribution >= 0.6 is 11.3 Å². The van der Waals surface area contributed by atoms with E-state index in [0.717, 1.165) is 54.9 Å². The first-order chi connectivity index (χ1) is 11.3. The number of carbonyl (C=O) groups excluding carboxylic acids is 1. The quantitative estimate of drug-likeness (QED) is 0.827. The highest BCUT2D eigenvalue weighted by atomic mass is 32.2. The molecule has 1 saturated carbocycles. The highest BCUT2D eigenvalue weighted by Gasteiger charge is 2.45. The maximum Gasteiger partial charge on any atom is 0.253 e. The number of rotatable bonds is 5. The number of primary sulfonamides is 1. The van der Waals surface area contributed by atoms with Crippen molar-refractivity contribution in [3.8, 4) is 0 Å². The zero-order chi connectivity index (χ0) is 17.4. The zero-order valence-electron chi connectivity index (χ0n) is 13.8. The van der Waals surface area contributed by atoms with Crippen LogP contribution in [-0.2, 0) is 14.8 Å². The minimum absolute atomic E-state index is 0.00288. The molecule has 3 N–H and O–H groups in total. The average Bonchev–Trinajstić information content (AvgIpc) is 2.89. The molecule has 1 unspecified atom stereocenters. The van der Waals surface area contributed by atoms with E-state index in [9.17, 15) is 13.2 Å². The molecule has 0 radical (unpaired) electrons. The molecule has 1 aromatic rings. The standard InChI is InChI=1S/C16H24N2O4S2/c1-11-9-12(15(23-11)24(17,20)21)14(19)18-10-16(6-4-7-16)13-5-2-3-8-22-13/h9,13H,2-8,10H2,1H3,(H,18,19)(H2,17,20,21). The number of sulfonamides is 1. The number of amides is 1. The third-order valence-electron chi connectivity index (χ3n) is 5.14. The Morgan fingerprint density at radius 1 is 1.42 bits per heavy atom. The van der Waals surface area contributed by atoms with Crippen molar-refractivity contribution in [1.29, 1.82) is 0 Å². The normalized spacial score (nSPS) is 23.5. The third kappa shape index (κ3) is 3.51. The van der Waals surface area contributed by atoms with Gasteiger partial charge in [0.1, 0.15) is 4.21 Å². The van der Waals surface area contributed by atoms with E-state index < -0.39 is 10.0 Å². The molecule has 0 spiro atoms. The zero-order valence-corrected chi connectivity index (χ0v) is 15.5. The number of ether oxygens (including phenoxy) is 1. The predicted molar refractivity (Wildman–Crippen MR) is 92.6 cm³/mol. The lowest BCUT2D eigenvalue weighted by Crippen LogP contribution is -2.51. The Bertz CT molecular complexity index is 716. The molecular weight excluding hydrogens is 348 g/mol. The van der Waals surface area contributed by atoms with E-state index in [-0.39, 0.29) is 27.2 Å². The summed E-state index contributed by atoms with van der Waals surface area (Å²) in [5.41, 5.74) is 0.155. The Kier molecular flexibility index (Phi) is 5.01. The number of nitrogens with one attached hydrogen (secondary N) is 1. The fourth-order valence-corrected chi connectivity index (χ4v) is 5.73. The average molecular weight is 373 g/mol. The SMILES string of the molecule is Cc1cc(C(=O)NCC2(C3CCCCO3)CCC2)c(S(N)(=O)=O)s1. The summed E-state index contributed by atoms with van der Waals surface area (Å²) < 4.78 is 29.2. The van der Waals surface area contributed by atoms with Gasteiger partial charge in [-0.1, -0.05) is 6.42 Å². The van der Waals surface area contributed by atoms with Crippen molar-refractivity contribution in [3.05, 3.63) is 16.5 Å². The maximum atomic E-state index is 12.5. The summed E-state index contributed by atoms with van der Waals surface area (Å²) in [6.07, 6.45) is 6.74. The fraction of sp³-hybridized carbons (Fsp3) is 0.688. The lowest BCUT2D eigenvalue weighted by Gasteiger charge is -2.48. The Hall–Kier alpha value is -0.960. The van der Waals surface area contributed by atoms with Gasteiger partial charge in [0, 0.05) is 23.4 Å². The highest BCUT2D eigenvalue weighted by Crippen LogP contribution is 2.47. The second-order valence-corrected chi connectivity index (χ2v) is 9.87. The van der Waals surface area contributed by atoms with Crippen LogP contribution in [-0.4, -0.2) is 33.6 Å². The fourth-order valence-electron chi connectivity index (χ4n) is 3.68. The van der Waals surface area contributed by atoms with Gasteiger partial charge in [-0.05, 0) is 45.1 Å². The van der Waals surface area contributed by atoms with Crippen LogP contribution < -0.4 is 10.5 Å². The Morgan fingerprint density at radius 3 is 2.71 bits per heavy atom. The largest absolute Gasteiger partial charge is 0.378 e. The lowest BCUT2D eigenvalue weighted by atomic mass is 9.63. The van der Waals surface area contributed by atoms with E-state index in [4.69, 9.17) is 9.88 Å². The molecule has 3 rings (SSSR count). The minimum atomic E-state index is -3.89. The van der Waals surface area contributed by atoms with Gasteiger partial charge in [0.05, 0.1) is 11.7 Å². The van der Waals surface area contributed by atoms with Gasteiger partial charge in [-0.2, -0.15) is 0 Å². The summed E-state index contributed by atoms with van der Waals surface area (Å²) in [6, 6.07) is 1.59. The van der Waals surface area contributed by atoms with E-state index in [0.29, 0.717) is 6.54 Å². The number of hydrogen-bond donors (Lipinski definition) is 2. The van der Waals surface area contributed by atoms with E-state index in [1.807, 2.05) is 0 Å². The second-order valence-electron chi connectivity index (χ2n) is 6.86. The number of nitrogens with two attached hydrogens (primary N) is 1. The number of thiophene rings is 1. The van der Waals surface area contributed by atoms with E-state index in [2.05, 4.69) is 5.32 Å². The molecule has 8 heteroatoms. The predicted octanol–water partition coefficient (Wildman–Crippen LogP) is 2.17. The van der Waals surface area contributed by atoms with Gasteiger partial charge in [0.25, 0.3) is 5.91 Å². The first-order valence-electron chi connectivity index (χ1n) is 8.35. The molecule has 134 valence electrons. The van der Waals surface area contributed by atoms with Crippen LogP contribution in [0, 0.1) is 12.3 Å². The molecule has 1 aliphatic heterocycles. The van der Waals surface area contributed by atoms with Crippen molar-refractivity contribution in [1.82, 2.24) is 5.32 Å². The molecule has 0 bridgehead atoms. The molecule has 1 saturated heterocycles. The second kappa shape index (κ2) is 6.74. The number of hydrogen-bond acceptors (Lipinski definition) is 5. The van der Waals surface area contributed by atoms with Crippen LogP contribution in [0.5, 0.6) is 0 Å². The third-order valence-corrected chi connectivity index (χ3v) is 7.67. The lowest BCUT2D eigenvalue weighted by molar-refractivity contribution is -0.101. The Morgan fingerprint density at radius 2 is 2.17 bits per heavy atom. The molecule has 6 nitrogen and oxygen atoms in total. The van der Waals surface area contributed by atoms with Gasteiger partial charge in [-0.3, -0.25) is 4.79 Å². The topological polar surface area (TPSA) is 98.5 Å². The molecule has 24 heavy (non-hydrogen) atoms. The van der Waals surface area contributed by atoms with Crippen LogP contribution in [0.2, 0.25) is 0 Å². The Balaban J connectivity index is 1.71. The molecule has 2 fully saturated rings. The van der Waals surface area contributed by atoms with Crippen molar-refractivity contribution >= 4 is 27.3 Å². The summed E-state index contributed by atoms with van der Waals surface area (Å²) in [7, 11) is -3.89. The smallest absolute Gasteiger partial charge is 0.253 e. The van der Waals surface area contributed by atoms with Gasteiger partial charge >= 0.3 is 0 Å². The molecule has 1 atom stereocenters. The first kappa shape index (κ1) is 17.8. The van der Waals surface area contributed by atoms with Crippen LogP contribution in [0.15, 0.2) is 10.3 Å². The molecule has 2 aliphatic rings. The van der Waals surface area contributed by atoms with Gasteiger partial charge in [0.2, 0.25) is 10.0 Å². The van der Waals surface area contributed by atoms with Crippen molar-refractivity contribution in [2.75, 3.05) is 13.2 Å². The molecule has 1 aliphatic carbocycles. The molecule has 0 aromatic carbocycles. The van der Waals surface area contributed by atoms with Gasteiger partial charge in [-0.25, -0.2) is 13.6 Å². The van der Waals surface area contributed by atoms with Crippen LogP contribution in [0.25, 0.3) is 0 Å². The van der Waals surface area contributed by atoms with Crippen molar-refractivity contribution in [2.24, 2.45) is 10.6 Å². The van der Waals surface area contributed by atoms with Gasteiger partial charge < -0.3 is 10.1 Å². The van der Waals surface area contributed by atoms with Crippen molar-refractivity contribution < 1.29 is 17.9 Å². The molecule has 1 amide bonds.